The van der Waals surface area contributed by atoms with Gasteiger partial charge in [-0.2, -0.15) is 5.26 Å². The van der Waals surface area contributed by atoms with Crippen molar-refractivity contribution in [1.82, 2.24) is 0 Å². The molecule has 0 saturated heterocycles. The lowest BCUT2D eigenvalue weighted by Crippen LogP contribution is -2.18. The number of rotatable bonds is 7. The third-order valence-electron chi connectivity index (χ3n) is 3.46. The van der Waals surface area contributed by atoms with Crippen LogP contribution in [0.5, 0.6) is 11.5 Å². The molecule has 0 atom stereocenters. The van der Waals surface area contributed by atoms with Crippen molar-refractivity contribution in [3.05, 3.63) is 65.2 Å². The molecule has 2 rings (SSSR count). The molecule has 0 radical (unpaired) electrons. The summed E-state index contributed by atoms with van der Waals surface area (Å²) in [6.07, 6.45) is 1.37. The predicted molar refractivity (Wildman–Crippen MR) is 99.0 cm³/mol. The topological polar surface area (TPSA) is 85.6 Å². The van der Waals surface area contributed by atoms with Gasteiger partial charge in [-0.15, -0.1) is 0 Å². The molecule has 2 aromatic carbocycles. The lowest BCUT2D eigenvalue weighted by molar-refractivity contribution is -0.138. The number of benzene rings is 2. The average molecular weight is 365 g/mol. The second kappa shape index (κ2) is 9.78. The van der Waals surface area contributed by atoms with Crippen LogP contribution in [-0.4, -0.2) is 25.2 Å². The number of hydrogen-bond acceptors (Lipinski definition) is 6. The third-order valence-corrected chi connectivity index (χ3v) is 3.46. The molecule has 0 saturated carbocycles. The van der Waals surface area contributed by atoms with Crippen LogP contribution in [0.25, 0.3) is 6.08 Å². The van der Waals surface area contributed by atoms with Gasteiger partial charge in [0.2, 0.25) is 0 Å². The number of carbonyl (C=O) groups excluding carboxylic acids is 2. The maximum atomic E-state index is 12.0. The SMILES string of the molecule is CCOC(=O)/C(C#N)=C/c1cccc(OC(=O)COc2ccccc2C)c1. The zero-order valence-electron chi connectivity index (χ0n) is 15.1. The first-order valence-electron chi connectivity index (χ1n) is 8.31. The van der Waals surface area contributed by atoms with Crippen LogP contribution >= 0.6 is 0 Å². The summed E-state index contributed by atoms with van der Waals surface area (Å²) in [4.78, 5) is 23.7. The highest BCUT2D eigenvalue weighted by Crippen LogP contribution is 2.18. The molecule has 0 aromatic heterocycles. The van der Waals surface area contributed by atoms with Gasteiger partial charge < -0.3 is 14.2 Å². The van der Waals surface area contributed by atoms with E-state index >= 15 is 0 Å². The molecule has 2 aromatic rings. The van der Waals surface area contributed by atoms with Crippen molar-refractivity contribution in [3.63, 3.8) is 0 Å². The summed E-state index contributed by atoms with van der Waals surface area (Å²) in [5.74, 6) is -0.373. The Morgan fingerprint density at radius 3 is 2.63 bits per heavy atom. The lowest BCUT2D eigenvalue weighted by Gasteiger charge is -2.09. The van der Waals surface area contributed by atoms with Crippen LogP contribution in [0.15, 0.2) is 54.1 Å². The predicted octanol–water partition coefficient (Wildman–Crippen LogP) is 3.45. The number of esters is 2. The fourth-order valence-electron chi connectivity index (χ4n) is 2.20. The summed E-state index contributed by atoms with van der Waals surface area (Å²) < 4.78 is 15.5. The summed E-state index contributed by atoms with van der Waals surface area (Å²) >= 11 is 0. The number of hydrogen-bond donors (Lipinski definition) is 0. The molecule has 27 heavy (non-hydrogen) atoms. The Labute approximate surface area is 157 Å². The zero-order chi connectivity index (χ0) is 19.6. The Morgan fingerprint density at radius 2 is 1.93 bits per heavy atom. The minimum absolute atomic E-state index is 0.136. The van der Waals surface area contributed by atoms with Crippen molar-refractivity contribution >= 4 is 18.0 Å². The van der Waals surface area contributed by atoms with E-state index in [1.54, 1.807) is 43.3 Å². The Bertz CT molecular complexity index is 895. The molecule has 0 N–H and O–H groups in total. The number of aryl methyl sites for hydroxylation is 1. The van der Waals surface area contributed by atoms with Gasteiger partial charge in [-0.05, 0) is 49.2 Å². The van der Waals surface area contributed by atoms with E-state index in [0.29, 0.717) is 11.3 Å². The molecular weight excluding hydrogens is 346 g/mol. The van der Waals surface area contributed by atoms with Gasteiger partial charge in [-0.1, -0.05) is 30.3 Å². The van der Waals surface area contributed by atoms with Gasteiger partial charge in [0.15, 0.2) is 6.61 Å². The summed E-state index contributed by atoms with van der Waals surface area (Å²) in [6, 6.07) is 15.6. The Balaban J connectivity index is 2.02. The highest BCUT2D eigenvalue weighted by atomic mass is 16.6. The molecule has 6 nitrogen and oxygen atoms in total. The van der Waals surface area contributed by atoms with Crippen molar-refractivity contribution < 1.29 is 23.8 Å². The lowest BCUT2D eigenvalue weighted by atomic mass is 10.1. The molecule has 0 amide bonds. The summed E-state index contributed by atoms with van der Waals surface area (Å²) in [7, 11) is 0. The van der Waals surface area contributed by atoms with Crippen LogP contribution < -0.4 is 9.47 Å². The fraction of sp³-hybridized carbons (Fsp3) is 0.190. The number of nitrogens with zero attached hydrogens (tertiary/aromatic N) is 1. The molecule has 138 valence electrons. The summed E-state index contributed by atoms with van der Waals surface area (Å²) in [6.45, 7) is 3.48. The highest BCUT2D eigenvalue weighted by Gasteiger charge is 2.11. The van der Waals surface area contributed by atoms with Crippen molar-refractivity contribution in [3.8, 4) is 17.6 Å². The smallest absolute Gasteiger partial charge is 0.349 e. The third kappa shape index (κ3) is 6.01. The van der Waals surface area contributed by atoms with E-state index < -0.39 is 11.9 Å². The van der Waals surface area contributed by atoms with Crippen molar-refractivity contribution in [2.24, 2.45) is 0 Å². The molecular formula is C21H19NO5. The molecule has 0 aliphatic rings. The molecule has 0 unspecified atom stereocenters. The van der Waals surface area contributed by atoms with E-state index in [-0.39, 0.29) is 24.5 Å². The monoisotopic (exact) mass is 365 g/mol. The molecule has 0 aliphatic heterocycles. The van der Waals surface area contributed by atoms with Gasteiger partial charge in [0.05, 0.1) is 6.61 Å². The molecule has 0 aliphatic carbocycles. The van der Waals surface area contributed by atoms with Gasteiger partial charge in [0.25, 0.3) is 0 Å². The van der Waals surface area contributed by atoms with Gasteiger partial charge in [-0.25, -0.2) is 9.59 Å². The van der Waals surface area contributed by atoms with Crippen LogP contribution in [0.3, 0.4) is 0 Å². The highest BCUT2D eigenvalue weighted by molar-refractivity contribution is 5.97. The normalized spacial score (nSPS) is 10.6. The second-order valence-corrected chi connectivity index (χ2v) is 5.49. The first-order chi connectivity index (χ1) is 13.0. The largest absolute Gasteiger partial charge is 0.482 e. The first-order valence-corrected chi connectivity index (χ1v) is 8.31. The van der Waals surface area contributed by atoms with Gasteiger partial charge >= 0.3 is 11.9 Å². The van der Waals surface area contributed by atoms with E-state index in [2.05, 4.69) is 0 Å². The Kier molecular flexibility index (Phi) is 7.15. The van der Waals surface area contributed by atoms with E-state index in [4.69, 9.17) is 19.5 Å². The molecule has 0 spiro atoms. The van der Waals surface area contributed by atoms with Crippen molar-refractivity contribution in [2.45, 2.75) is 13.8 Å². The van der Waals surface area contributed by atoms with Crippen LogP contribution in [0.2, 0.25) is 0 Å². The zero-order valence-corrected chi connectivity index (χ0v) is 15.1. The maximum absolute atomic E-state index is 12.0. The first kappa shape index (κ1) is 19.7. The average Bonchev–Trinajstić information content (AvgIpc) is 2.66. The maximum Gasteiger partial charge on any atom is 0.349 e. The molecule has 6 heteroatoms. The van der Waals surface area contributed by atoms with Crippen LogP contribution in [0.4, 0.5) is 0 Å². The minimum Gasteiger partial charge on any atom is -0.482 e. The van der Waals surface area contributed by atoms with Crippen molar-refractivity contribution in [2.75, 3.05) is 13.2 Å². The van der Waals surface area contributed by atoms with Gasteiger partial charge in [0, 0.05) is 0 Å². The Hall–Kier alpha value is -3.59. The van der Waals surface area contributed by atoms with Crippen LogP contribution in [0.1, 0.15) is 18.1 Å². The number of carbonyl (C=O) groups is 2. The van der Waals surface area contributed by atoms with Crippen LogP contribution in [-0.2, 0) is 14.3 Å². The number of nitriles is 1. The van der Waals surface area contributed by atoms with E-state index in [0.717, 1.165) is 5.56 Å². The van der Waals surface area contributed by atoms with Crippen LogP contribution in [0, 0.1) is 18.3 Å². The summed E-state index contributed by atoms with van der Waals surface area (Å²) in [5.41, 5.74) is 1.31. The van der Waals surface area contributed by atoms with E-state index in [9.17, 15) is 9.59 Å². The van der Waals surface area contributed by atoms with E-state index in [1.807, 2.05) is 25.1 Å². The minimum atomic E-state index is -0.700. The second-order valence-electron chi connectivity index (χ2n) is 5.49. The molecule has 0 fully saturated rings. The molecule has 0 bridgehead atoms. The number of para-hydroxylation sites is 1. The standard InChI is InChI=1S/C21H19NO5/c1-3-25-21(24)17(13-22)11-16-8-6-9-18(12-16)27-20(23)14-26-19-10-5-4-7-15(19)2/h4-12H,3,14H2,1-2H3/b17-11+. The van der Waals surface area contributed by atoms with Crippen molar-refractivity contribution in [1.29, 1.82) is 5.26 Å². The van der Waals surface area contributed by atoms with Gasteiger partial charge in [0.1, 0.15) is 23.1 Å². The van der Waals surface area contributed by atoms with E-state index in [1.165, 1.54) is 6.08 Å². The Morgan fingerprint density at radius 1 is 1.15 bits per heavy atom. The number of ether oxygens (including phenoxy) is 3. The fourth-order valence-corrected chi connectivity index (χ4v) is 2.20. The molecule has 0 heterocycles. The quantitative estimate of drug-likeness (QED) is 0.323. The van der Waals surface area contributed by atoms with Gasteiger partial charge in [-0.3, -0.25) is 0 Å². The summed E-state index contributed by atoms with van der Waals surface area (Å²) in [5, 5.41) is 9.08.